The number of hydrogen-bond donors (Lipinski definition) is 1. The minimum atomic E-state index is 0.315. The van der Waals surface area contributed by atoms with Gasteiger partial charge in [-0.15, -0.1) is 0 Å². The van der Waals surface area contributed by atoms with Gasteiger partial charge in [0, 0.05) is 0 Å². The molecular formula is C20H26OSe. The zero-order valence-corrected chi connectivity index (χ0v) is 14.9. The van der Waals surface area contributed by atoms with E-state index in [0.717, 1.165) is 12.8 Å². The van der Waals surface area contributed by atoms with Crippen molar-refractivity contribution >= 4 is 30.2 Å². The molecule has 0 saturated heterocycles. The molecule has 2 heteroatoms. The summed E-state index contributed by atoms with van der Waals surface area (Å²) in [4.78, 5) is 0.442. The molecule has 0 amide bonds. The van der Waals surface area contributed by atoms with Gasteiger partial charge in [-0.1, -0.05) is 0 Å². The summed E-state index contributed by atoms with van der Waals surface area (Å²) in [6.45, 7) is 4.08. The van der Waals surface area contributed by atoms with Crippen molar-refractivity contribution in [2.45, 2.75) is 43.3 Å². The molecule has 1 unspecified atom stereocenters. The Hall–Kier alpha value is -1.08. The van der Waals surface area contributed by atoms with Crippen LogP contribution in [0, 0.1) is 0 Å². The molecule has 0 aliphatic carbocycles. The van der Waals surface area contributed by atoms with E-state index in [2.05, 4.69) is 49.0 Å². The van der Waals surface area contributed by atoms with Gasteiger partial charge in [-0.25, -0.2) is 0 Å². The number of aliphatic hydroxyl groups is 1. The normalized spacial score (nSPS) is 12.4. The molecule has 0 heterocycles. The van der Waals surface area contributed by atoms with Crippen LogP contribution in [0.5, 0.6) is 0 Å². The molecule has 1 atom stereocenters. The summed E-state index contributed by atoms with van der Waals surface area (Å²) in [5.74, 6) is 0. The molecule has 0 aromatic heterocycles. The summed E-state index contributed by atoms with van der Waals surface area (Å²) in [7, 11) is 0. The van der Waals surface area contributed by atoms with Crippen molar-refractivity contribution in [2.24, 2.45) is 0 Å². The number of rotatable bonds is 10. The maximum absolute atomic E-state index is 9.70. The van der Waals surface area contributed by atoms with Crippen LogP contribution >= 0.6 is 0 Å². The minimum absolute atomic E-state index is 0.315. The SMILES string of the molecule is C=CCCCCCCC(CO)[Se]c1cccc2ccccc12. The predicted molar refractivity (Wildman–Crippen MR) is 98.1 cm³/mol. The molecule has 0 saturated carbocycles. The van der Waals surface area contributed by atoms with Gasteiger partial charge >= 0.3 is 140 Å². The van der Waals surface area contributed by atoms with E-state index < -0.39 is 0 Å². The molecule has 0 aliphatic rings. The van der Waals surface area contributed by atoms with E-state index in [-0.39, 0.29) is 0 Å². The van der Waals surface area contributed by atoms with Crippen LogP contribution in [0.4, 0.5) is 0 Å². The predicted octanol–water partition coefficient (Wildman–Crippen LogP) is 4.48. The van der Waals surface area contributed by atoms with Crippen molar-refractivity contribution in [1.29, 1.82) is 0 Å². The Morgan fingerprint density at radius 1 is 1.00 bits per heavy atom. The molecule has 0 aliphatic heterocycles. The molecule has 0 radical (unpaired) electrons. The van der Waals surface area contributed by atoms with Crippen molar-refractivity contribution < 1.29 is 5.11 Å². The number of benzene rings is 2. The van der Waals surface area contributed by atoms with E-state index in [9.17, 15) is 5.11 Å². The van der Waals surface area contributed by atoms with Crippen LogP contribution in [-0.4, -0.2) is 26.7 Å². The average Bonchev–Trinajstić information content (AvgIpc) is 2.57. The van der Waals surface area contributed by atoms with Gasteiger partial charge in [0.05, 0.1) is 0 Å². The zero-order valence-electron chi connectivity index (χ0n) is 13.2. The monoisotopic (exact) mass is 362 g/mol. The Bertz CT molecular complexity index is 573. The Balaban J connectivity index is 1.87. The third-order valence-corrected chi connectivity index (χ3v) is 6.72. The van der Waals surface area contributed by atoms with Gasteiger partial charge in [-0.05, 0) is 0 Å². The number of unbranched alkanes of at least 4 members (excludes halogenated alkanes) is 4. The fourth-order valence-electron chi connectivity index (χ4n) is 2.68. The van der Waals surface area contributed by atoms with Crippen LogP contribution in [0.25, 0.3) is 10.8 Å². The van der Waals surface area contributed by atoms with Gasteiger partial charge in [0.1, 0.15) is 0 Å². The standard InChI is InChI=1S/C20H26OSe/c1-2-3-4-5-6-7-13-18(16-21)22-20-15-10-12-17-11-8-9-14-19(17)20/h2,8-12,14-15,18,21H,1,3-7,13,16H2. The van der Waals surface area contributed by atoms with Gasteiger partial charge < -0.3 is 0 Å². The molecular weight excluding hydrogens is 335 g/mol. The van der Waals surface area contributed by atoms with Crippen molar-refractivity contribution in [2.75, 3.05) is 6.61 Å². The first-order valence-electron chi connectivity index (χ1n) is 8.21. The third-order valence-electron chi connectivity index (χ3n) is 3.93. The molecule has 118 valence electrons. The summed E-state index contributed by atoms with van der Waals surface area (Å²) < 4.78 is 1.43. The molecule has 2 rings (SSSR count). The van der Waals surface area contributed by atoms with Crippen molar-refractivity contribution in [3.63, 3.8) is 0 Å². The summed E-state index contributed by atoms with van der Waals surface area (Å²) in [6.07, 6.45) is 9.31. The van der Waals surface area contributed by atoms with E-state index in [0.29, 0.717) is 26.4 Å². The number of fused-ring (bicyclic) bond motifs is 1. The zero-order chi connectivity index (χ0) is 15.6. The summed E-state index contributed by atoms with van der Waals surface area (Å²) in [5.41, 5.74) is 0. The number of allylic oxidation sites excluding steroid dienone is 1. The second-order valence-electron chi connectivity index (χ2n) is 5.68. The fourth-order valence-corrected chi connectivity index (χ4v) is 5.17. The topological polar surface area (TPSA) is 20.2 Å². The van der Waals surface area contributed by atoms with Crippen LogP contribution in [-0.2, 0) is 0 Å². The molecule has 0 bridgehead atoms. The average molecular weight is 361 g/mol. The van der Waals surface area contributed by atoms with Gasteiger partial charge in [0.2, 0.25) is 0 Å². The molecule has 2 aromatic carbocycles. The van der Waals surface area contributed by atoms with Gasteiger partial charge in [-0.3, -0.25) is 0 Å². The molecule has 22 heavy (non-hydrogen) atoms. The first kappa shape index (κ1) is 17.3. The molecule has 1 nitrogen and oxygen atoms in total. The number of aliphatic hydroxyl groups excluding tert-OH is 1. The second-order valence-corrected chi connectivity index (χ2v) is 8.50. The fraction of sp³-hybridized carbons (Fsp3) is 0.400. The summed E-state index contributed by atoms with van der Waals surface area (Å²) >= 11 is 0.344. The van der Waals surface area contributed by atoms with Gasteiger partial charge in [0.25, 0.3) is 0 Å². The Morgan fingerprint density at radius 3 is 2.59 bits per heavy atom. The summed E-state index contributed by atoms with van der Waals surface area (Å²) in [5, 5.41) is 12.4. The molecule has 0 spiro atoms. The van der Waals surface area contributed by atoms with Crippen LogP contribution in [0.2, 0.25) is 4.82 Å². The Labute approximate surface area is 140 Å². The van der Waals surface area contributed by atoms with Crippen LogP contribution in [0.15, 0.2) is 55.1 Å². The molecule has 0 fully saturated rings. The van der Waals surface area contributed by atoms with Crippen LogP contribution in [0.1, 0.15) is 38.5 Å². The number of hydrogen-bond acceptors (Lipinski definition) is 1. The third kappa shape index (κ3) is 5.28. The van der Waals surface area contributed by atoms with Gasteiger partial charge in [-0.2, -0.15) is 0 Å². The van der Waals surface area contributed by atoms with Crippen LogP contribution in [0.3, 0.4) is 0 Å². The Kier molecular flexibility index (Phi) is 7.73. The Morgan fingerprint density at radius 2 is 1.77 bits per heavy atom. The molecule has 1 N–H and O–H groups in total. The maximum atomic E-state index is 9.70. The molecule has 2 aromatic rings. The van der Waals surface area contributed by atoms with Crippen molar-refractivity contribution in [1.82, 2.24) is 0 Å². The summed E-state index contributed by atoms with van der Waals surface area (Å²) in [6, 6.07) is 15.1. The van der Waals surface area contributed by atoms with E-state index in [1.165, 1.54) is 40.9 Å². The van der Waals surface area contributed by atoms with E-state index in [1.807, 2.05) is 6.08 Å². The van der Waals surface area contributed by atoms with E-state index in [4.69, 9.17) is 0 Å². The van der Waals surface area contributed by atoms with Gasteiger partial charge in [0.15, 0.2) is 0 Å². The first-order chi connectivity index (χ1) is 10.8. The van der Waals surface area contributed by atoms with E-state index in [1.54, 1.807) is 0 Å². The second kappa shape index (κ2) is 9.84. The van der Waals surface area contributed by atoms with E-state index >= 15 is 0 Å². The van der Waals surface area contributed by atoms with Crippen molar-refractivity contribution in [3.05, 3.63) is 55.1 Å². The first-order valence-corrected chi connectivity index (χ1v) is 10.1. The van der Waals surface area contributed by atoms with Crippen molar-refractivity contribution in [3.8, 4) is 0 Å². The quantitative estimate of drug-likeness (QED) is 0.376. The van der Waals surface area contributed by atoms with Crippen LogP contribution < -0.4 is 4.46 Å².